The summed E-state index contributed by atoms with van der Waals surface area (Å²) in [6.45, 7) is 10.2. The van der Waals surface area contributed by atoms with Gasteiger partial charge in [-0.3, -0.25) is 4.79 Å². The van der Waals surface area contributed by atoms with Crippen LogP contribution in [-0.4, -0.2) is 5.78 Å². The van der Waals surface area contributed by atoms with Crippen molar-refractivity contribution >= 4 is 22.7 Å². The maximum absolute atomic E-state index is 13.0. The van der Waals surface area contributed by atoms with E-state index < -0.39 is 5.83 Å². The Kier molecular flexibility index (Phi) is 4.84. The summed E-state index contributed by atoms with van der Waals surface area (Å²) in [6.07, 6.45) is 3.07. The normalized spacial score (nSPS) is 12.7. The van der Waals surface area contributed by atoms with E-state index in [1.807, 2.05) is 13.8 Å². The molecule has 0 bridgehead atoms. The van der Waals surface area contributed by atoms with Gasteiger partial charge >= 0.3 is 0 Å². The fraction of sp³-hybridized carbons (Fsp3) is 0.267. The quantitative estimate of drug-likeness (QED) is 0.659. The Morgan fingerprint density at radius 2 is 1.95 bits per heavy atom. The van der Waals surface area contributed by atoms with Crippen LogP contribution in [-0.2, 0) is 0 Å². The number of thiophene rings is 1. The molecular weight excluding hydrogens is 261 g/mol. The number of Topliss-reactive ketones (excluding diaryl/α,β-unsaturated/α-hetero) is 1. The zero-order valence-electron chi connectivity index (χ0n) is 11.6. The van der Waals surface area contributed by atoms with Crippen LogP contribution in [0, 0.1) is 13.8 Å². The van der Waals surface area contributed by atoms with Crippen LogP contribution in [0.4, 0.5) is 4.39 Å². The van der Waals surface area contributed by atoms with Crippen molar-refractivity contribution < 1.29 is 9.18 Å². The van der Waals surface area contributed by atoms with Crippen LogP contribution in [0.3, 0.4) is 0 Å². The van der Waals surface area contributed by atoms with Crippen LogP contribution in [0.25, 0.3) is 5.57 Å². The van der Waals surface area contributed by atoms with Gasteiger partial charge in [0, 0.05) is 27.1 Å². The first-order valence-electron chi connectivity index (χ1n) is 5.85. The number of carbonyl (C=O) groups excluding carboxylic acids is 1. The summed E-state index contributed by atoms with van der Waals surface area (Å²) in [7, 11) is 0. The molecule has 19 heavy (non-hydrogen) atoms. The highest BCUT2D eigenvalue weighted by Crippen LogP contribution is 2.34. The van der Waals surface area contributed by atoms with Crippen molar-refractivity contribution in [1.82, 2.24) is 0 Å². The van der Waals surface area contributed by atoms with Crippen LogP contribution < -0.4 is 5.73 Å². The highest BCUT2D eigenvalue weighted by Gasteiger charge is 2.17. The molecule has 0 radical (unpaired) electrons. The Labute approximate surface area is 117 Å². The van der Waals surface area contributed by atoms with Crippen LogP contribution >= 0.6 is 11.3 Å². The van der Waals surface area contributed by atoms with Crippen molar-refractivity contribution in [1.29, 1.82) is 0 Å². The van der Waals surface area contributed by atoms with E-state index in [9.17, 15) is 9.18 Å². The Bertz CT molecular complexity index is 594. The molecule has 0 saturated carbocycles. The van der Waals surface area contributed by atoms with Crippen molar-refractivity contribution in [3.05, 3.63) is 51.1 Å². The van der Waals surface area contributed by atoms with Gasteiger partial charge in [0.05, 0.1) is 0 Å². The molecule has 0 amide bonds. The second kappa shape index (κ2) is 5.97. The van der Waals surface area contributed by atoms with E-state index in [4.69, 9.17) is 5.73 Å². The molecular formula is C15H18FNOS. The van der Waals surface area contributed by atoms with Gasteiger partial charge in [0.15, 0.2) is 5.78 Å². The third kappa shape index (κ3) is 3.20. The molecule has 1 aromatic heterocycles. The molecule has 4 heteroatoms. The number of carbonyl (C=O) groups is 1. The number of nitrogens with two attached hydrogens (primary N) is 1. The molecule has 1 rings (SSSR count). The van der Waals surface area contributed by atoms with Gasteiger partial charge in [0.25, 0.3) is 0 Å². The third-order valence-electron chi connectivity index (χ3n) is 2.92. The summed E-state index contributed by atoms with van der Waals surface area (Å²) in [5, 5.41) is 0. The van der Waals surface area contributed by atoms with E-state index in [0.29, 0.717) is 11.1 Å². The fourth-order valence-electron chi connectivity index (χ4n) is 1.95. The van der Waals surface area contributed by atoms with Crippen molar-refractivity contribution in [2.75, 3.05) is 0 Å². The minimum Gasteiger partial charge on any atom is -0.404 e. The van der Waals surface area contributed by atoms with Crippen molar-refractivity contribution in [2.24, 2.45) is 5.73 Å². The van der Waals surface area contributed by atoms with E-state index in [0.717, 1.165) is 20.9 Å². The molecule has 2 N–H and O–H groups in total. The molecule has 1 aromatic rings. The van der Waals surface area contributed by atoms with Crippen LogP contribution in [0.1, 0.15) is 39.5 Å². The van der Waals surface area contributed by atoms with Gasteiger partial charge < -0.3 is 5.73 Å². The van der Waals surface area contributed by atoms with Crippen molar-refractivity contribution in [3.63, 3.8) is 0 Å². The summed E-state index contributed by atoms with van der Waals surface area (Å²) in [5.41, 5.74) is 8.36. The van der Waals surface area contributed by atoms with E-state index >= 15 is 0 Å². The van der Waals surface area contributed by atoms with E-state index in [2.05, 4.69) is 6.58 Å². The molecule has 0 aromatic carbocycles. The molecule has 0 unspecified atom stereocenters. The third-order valence-corrected chi connectivity index (χ3v) is 4.17. The first kappa shape index (κ1) is 15.4. The van der Waals surface area contributed by atoms with Crippen LogP contribution in [0.15, 0.2) is 30.3 Å². The monoisotopic (exact) mass is 279 g/mol. The van der Waals surface area contributed by atoms with E-state index in [1.165, 1.54) is 17.5 Å². The Balaban J connectivity index is 3.38. The van der Waals surface area contributed by atoms with Crippen molar-refractivity contribution in [2.45, 2.75) is 27.7 Å². The fourth-order valence-corrected chi connectivity index (χ4v) is 3.15. The SMILES string of the molecule is C=C(F)/C(C)=C\C(=C/N)c1sc(C)c(C(C)=O)c1C. The predicted molar refractivity (Wildman–Crippen MR) is 80.0 cm³/mol. The summed E-state index contributed by atoms with van der Waals surface area (Å²) < 4.78 is 13.0. The first-order valence-corrected chi connectivity index (χ1v) is 6.67. The second-order valence-corrected chi connectivity index (χ2v) is 5.62. The van der Waals surface area contributed by atoms with Crippen LogP contribution in [0.2, 0.25) is 0 Å². The Morgan fingerprint density at radius 1 is 1.37 bits per heavy atom. The van der Waals surface area contributed by atoms with Gasteiger partial charge in [-0.1, -0.05) is 6.58 Å². The molecule has 1 heterocycles. The maximum Gasteiger partial charge on any atom is 0.161 e. The lowest BCUT2D eigenvalue weighted by Gasteiger charge is -2.03. The second-order valence-electron chi connectivity index (χ2n) is 4.40. The van der Waals surface area contributed by atoms with Crippen molar-refractivity contribution in [3.8, 4) is 0 Å². The zero-order chi connectivity index (χ0) is 14.7. The number of hydrogen-bond donors (Lipinski definition) is 1. The lowest BCUT2D eigenvalue weighted by atomic mass is 10.0. The maximum atomic E-state index is 13.0. The molecule has 0 atom stereocenters. The number of hydrogen-bond acceptors (Lipinski definition) is 3. The Hall–Kier alpha value is -1.68. The molecule has 102 valence electrons. The Morgan fingerprint density at radius 3 is 2.32 bits per heavy atom. The number of allylic oxidation sites excluding steroid dienone is 4. The summed E-state index contributed by atoms with van der Waals surface area (Å²) in [6, 6.07) is 0. The van der Waals surface area contributed by atoms with Gasteiger partial charge in [-0.15, -0.1) is 11.3 Å². The lowest BCUT2D eigenvalue weighted by molar-refractivity contribution is 0.101. The molecule has 2 nitrogen and oxygen atoms in total. The molecule has 0 aliphatic rings. The van der Waals surface area contributed by atoms with Gasteiger partial charge in [-0.25, -0.2) is 4.39 Å². The number of aryl methyl sites for hydroxylation is 1. The topological polar surface area (TPSA) is 43.1 Å². The largest absolute Gasteiger partial charge is 0.404 e. The average Bonchev–Trinajstić information content (AvgIpc) is 2.61. The molecule has 0 aliphatic heterocycles. The predicted octanol–water partition coefficient (Wildman–Crippen LogP) is 4.30. The van der Waals surface area contributed by atoms with E-state index in [1.54, 1.807) is 19.9 Å². The smallest absolute Gasteiger partial charge is 0.161 e. The van der Waals surface area contributed by atoms with Crippen LogP contribution in [0.5, 0.6) is 0 Å². The summed E-state index contributed by atoms with van der Waals surface area (Å²) in [4.78, 5) is 13.5. The number of halogens is 1. The average molecular weight is 279 g/mol. The summed E-state index contributed by atoms with van der Waals surface area (Å²) in [5.74, 6) is -0.457. The number of ketones is 1. The molecule has 0 spiro atoms. The highest BCUT2D eigenvalue weighted by atomic mass is 32.1. The molecule has 0 saturated heterocycles. The van der Waals surface area contributed by atoms with Gasteiger partial charge in [0.1, 0.15) is 5.83 Å². The standard InChI is InChI=1S/C15H18FNOS/c1-8(10(3)16)6-13(7-17)15-9(2)14(11(4)18)12(5)19-15/h6-7H,3,17H2,1-2,4-5H3/b8-6-,13-7+. The zero-order valence-corrected chi connectivity index (χ0v) is 12.5. The molecule has 0 aliphatic carbocycles. The van der Waals surface area contributed by atoms with E-state index in [-0.39, 0.29) is 5.78 Å². The van der Waals surface area contributed by atoms with Gasteiger partial charge in [0.2, 0.25) is 0 Å². The lowest BCUT2D eigenvalue weighted by Crippen LogP contribution is -1.96. The minimum atomic E-state index is -0.489. The minimum absolute atomic E-state index is 0.0319. The van der Waals surface area contributed by atoms with Gasteiger partial charge in [-0.2, -0.15) is 0 Å². The first-order chi connectivity index (χ1) is 8.79. The molecule has 0 fully saturated rings. The number of rotatable bonds is 4. The van der Waals surface area contributed by atoms with Gasteiger partial charge in [-0.05, 0) is 44.9 Å². The summed E-state index contributed by atoms with van der Waals surface area (Å²) >= 11 is 1.49. The highest BCUT2D eigenvalue weighted by molar-refractivity contribution is 7.13.